The number of Topliss-reactive ketones (excluding diaryl/α,β-unsaturated/α-hetero) is 2. The Morgan fingerprint density at radius 1 is 1.03 bits per heavy atom. The highest BCUT2D eigenvalue weighted by molar-refractivity contribution is 6.22. The first kappa shape index (κ1) is 23.6. The monoisotopic (exact) mass is 487 g/mol. The molecule has 6 N–H and O–H groups in total. The first-order valence-electron chi connectivity index (χ1n) is 11.6. The number of rotatable bonds is 3. The van der Waals surface area contributed by atoms with Crippen molar-refractivity contribution in [2.24, 2.45) is 17.6 Å². The van der Waals surface area contributed by atoms with Crippen molar-refractivity contribution in [1.29, 1.82) is 0 Å². The van der Waals surface area contributed by atoms with Gasteiger partial charge in [-0.3, -0.25) is 14.4 Å². The van der Waals surface area contributed by atoms with Gasteiger partial charge in [-0.1, -0.05) is 48.0 Å². The molecule has 1 amide bonds. The number of aliphatic hydroxyl groups is 3. The Hall–Kier alpha value is -4.17. The topological polar surface area (TPSA) is 158 Å². The summed E-state index contributed by atoms with van der Waals surface area (Å²) in [6.07, 6.45) is 3.78. The summed E-state index contributed by atoms with van der Waals surface area (Å²) in [5.41, 5.74) is 5.23. The number of carbonyl (C=O) groups is 3. The third kappa shape index (κ3) is 3.37. The van der Waals surface area contributed by atoms with Crippen molar-refractivity contribution in [1.82, 2.24) is 0 Å². The number of hydrogen-bond acceptors (Lipinski definition) is 7. The maximum absolute atomic E-state index is 13.5. The summed E-state index contributed by atoms with van der Waals surface area (Å²) in [6, 6.07) is 11.0. The van der Waals surface area contributed by atoms with Crippen molar-refractivity contribution in [3.63, 3.8) is 0 Å². The number of nitrogens with two attached hydrogens (primary N) is 1. The van der Waals surface area contributed by atoms with E-state index in [0.717, 1.165) is 16.7 Å². The lowest BCUT2D eigenvalue weighted by molar-refractivity contribution is -0.147. The van der Waals surface area contributed by atoms with Crippen LogP contribution in [0.5, 0.6) is 5.75 Å². The van der Waals surface area contributed by atoms with Gasteiger partial charge in [0.25, 0.3) is 5.91 Å². The molecule has 1 saturated carbocycles. The lowest BCUT2D eigenvalue weighted by atomic mass is 9.59. The van der Waals surface area contributed by atoms with Gasteiger partial charge in [-0.15, -0.1) is 0 Å². The Morgan fingerprint density at radius 3 is 2.39 bits per heavy atom. The van der Waals surface area contributed by atoms with E-state index in [4.69, 9.17) is 5.73 Å². The number of ketones is 2. The van der Waals surface area contributed by atoms with Crippen LogP contribution in [0.3, 0.4) is 0 Å². The summed E-state index contributed by atoms with van der Waals surface area (Å²) in [5.74, 6) is -6.36. The molecule has 3 aliphatic carbocycles. The van der Waals surface area contributed by atoms with Crippen molar-refractivity contribution < 1.29 is 34.8 Å². The predicted octanol–water partition coefficient (Wildman–Crippen LogP) is 2.90. The highest BCUT2D eigenvalue weighted by Gasteiger charge is 2.60. The van der Waals surface area contributed by atoms with E-state index >= 15 is 0 Å². The minimum atomic E-state index is -2.56. The second-order valence-corrected chi connectivity index (χ2v) is 9.68. The summed E-state index contributed by atoms with van der Waals surface area (Å²) in [6.45, 7) is 1.99. The summed E-state index contributed by atoms with van der Waals surface area (Å²) in [7, 11) is 0. The number of hydrogen-bond donors (Lipinski definition) is 5. The number of amides is 1. The molecule has 8 nitrogen and oxygen atoms in total. The Labute approximate surface area is 206 Å². The van der Waals surface area contributed by atoms with Gasteiger partial charge in [0.2, 0.25) is 5.78 Å². The largest absolute Gasteiger partial charge is 0.508 e. The molecule has 0 aliphatic heterocycles. The summed E-state index contributed by atoms with van der Waals surface area (Å²) >= 11 is 0. The van der Waals surface area contributed by atoms with E-state index in [2.05, 4.69) is 0 Å². The molecule has 2 aromatic rings. The van der Waals surface area contributed by atoms with E-state index in [-0.39, 0.29) is 36.1 Å². The molecule has 8 heteroatoms. The van der Waals surface area contributed by atoms with Crippen LogP contribution >= 0.6 is 0 Å². The van der Waals surface area contributed by atoms with Gasteiger partial charge < -0.3 is 26.2 Å². The molecule has 5 rings (SSSR count). The van der Waals surface area contributed by atoms with Gasteiger partial charge in [-0.25, -0.2) is 0 Å². The maximum atomic E-state index is 13.5. The molecule has 184 valence electrons. The molecule has 36 heavy (non-hydrogen) atoms. The van der Waals surface area contributed by atoms with Crippen molar-refractivity contribution >= 4 is 35.4 Å². The fraction of sp³-hybridized carbons (Fsp3) is 0.250. The predicted molar refractivity (Wildman–Crippen MR) is 131 cm³/mol. The molecular weight excluding hydrogens is 462 g/mol. The molecular formula is C28H25NO7. The Kier molecular flexibility index (Phi) is 5.37. The van der Waals surface area contributed by atoms with Crippen LogP contribution in [0.15, 0.2) is 53.3 Å². The van der Waals surface area contributed by atoms with Crippen LogP contribution in [0.25, 0.3) is 17.9 Å². The number of benzene rings is 2. The maximum Gasteiger partial charge on any atom is 0.255 e. The lowest BCUT2D eigenvalue weighted by Crippen LogP contribution is -2.58. The first-order valence-corrected chi connectivity index (χ1v) is 11.6. The van der Waals surface area contributed by atoms with Crippen molar-refractivity contribution in [2.75, 3.05) is 0 Å². The fourth-order valence-electron chi connectivity index (χ4n) is 5.67. The van der Waals surface area contributed by atoms with Crippen LogP contribution in [0.4, 0.5) is 0 Å². The van der Waals surface area contributed by atoms with E-state index in [1.54, 1.807) is 6.07 Å². The third-order valence-electron chi connectivity index (χ3n) is 7.52. The van der Waals surface area contributed by atoms with Gasteiger partial charge in [-0.2, -0.15) is 0 Å². The number of aliphatic hydroxyl groups excluding tert-OH is 2. The number of phenolic OH excluding ortho intramolecular Hbond substituents is 1. The van der Waals surface area contributed by atoms with E-state index in [1.807, 2.05) is 43.3 Å². The minimum absolute atomic E-state index is 0.0770. The zero-order valence-corrected chi connectivity index (χ0v) is 19.5. The van der Waals surface area contributed by atoms with Gasteiger partial charge in [0, 0.05) is 17.9 Å². The average molecular weight is 488 g/mol. The van der Waals surface area contributed by atoms with Crippen molar-refractivity contribution in [3.05, 3.63) is 81.1 Å². The molecule has 3 aliphatic rings. The molecule has 0 aromatic heterocycles. The SMILES string of the molecule is Cc1ccc(/C=C/c2ccc(O)c3c2C[C@H]2CC4CC(=O)C(C(N)=O)=C(O)[C@@]4(O)C(=O)C2=C3O)cc1. The Balaban J connectivity index is 1.62. The number of phenols is 1. The van der Waals surface area contributed by atoms with E-state index in [0.29, 0.717) is 5.56 Å². The van der Waals surface area contributed by atoms with E-state index < -0.39 is 52.0 Å². The molecule has 1 fully saturated rings. The first-order chi connectivity index (χ1) is 17.0. The van der Waals surface area contributed by atoms with Crippen LogP contribution in [0.2, 0.25) is 0 Å². The van der Waals surface area contributed by atoms with Gasteiger partial charge in [0.05, 0.1) is 5.56 Å². The number of fused-ring (bicyclic) bond motifs is 3. The Bertz CT molecular complexity index is 1430. The van der Waals surface area contributed by atoms with Gasteiger partial charge in [0.15, 0.2) is 11.4 Å². The fourth-order valence-corrected chi connectivity index (χ4v) is 5.67. The summed E-state index contributed by atoms with van der Waals surface area (Å²) in [5, 5.41) is 43.7. The number of carbonyl (C=O) groups excluding carboxylic acids is 3. The standard InChI is InChI=1S/C28H25NO7/c1-13-2-4-14(5-3-13)6-7-15-8-9-19(30)22-18(15)11-16-10-17-12-20(31)23(27(29)35)26(34)28(17,36)25(33)21(16)24(22)32/h2-9,16-17,30,32,34,36H,10-12H2,1H3,(H2,29,35)/b7-6+/t16-,17?,28+/m1/s1. The molecule has 3 atom stereocenters. The van der Waals surface area contributed by atoms with Gasteiger partial charge >= 0.3 is 0 Å². The molecule has 0 spiro atoms. The van der Waals surface area contributed by atoms with Crippen molar-refractivity contribution in [3.8, 4) is 5.75 Å². The second-order valence-electron chi connectivity index (χ2n) is 9.68. The van der Waals surface area contributed by atoms with Gasteiger partial charge in [0.1, 0.15) is 22.8 Å². The molecule has 0 bridgehead atoms. The normalized spacial score (nSPS) is 25.6. The molecule has 1 unspecified atom stereocenters. The van der Waals surface area contributed by atoms with Crippen LogP contribution in [-0.4, -0.2) is 43.5 Å². The van der Waals surface area contributed by atoms with E-state index in [9.17, 15) is 34.8 Å². The highest BCUT2D eigenvalue weighted by Crippen LogP contribution is 2.52. The number of primary amides is 1. The third-order valence-corrected chi connectivity index (χ3v) is 7.52. The van der Waals surface area contributed by atoms with Crippen molar-refractivity contribution in [2.45, 2.75) is 31.8 Å². The zero-order valence-electron chi connectivity index (χ0n) is 19.5. The van der Waals surface area contributed by atoms with E-state index in [1.165, 1.54) is 6.07 Å². The highest BCUT2D eigenvalue weighted by atomic mass is 16.3. The van der Waals surface area contributed by atoms with Crippen LogP contribution in [0.1, 0.15) is 40.7 Å². The molecule has 2 aromatic carbocycles. The Morgan fingerprint density at radius 2 is 1.72 bits per heavy atom. The van der Waals surface area contributed by atoms with Crippen LogP contribution in [-0.2, 0) is 20.8 Å². The molecule has 0 heterocycles. The smallest absolute Gasteiger partial charge is 0.255 e. The summed E-state index contributed by atoms with van der Waals surface area (Å²) in [4.78, 5) is 37.7. The molecule has 0 radical (unpaired) electrons. The van der Waals surface area contributed by atoms with Crippen LogP contribution < -0.4 is 5.73 Å². The zero-order chi connectivity index (χ0) is 25.9. The number of aryl methyl sites for hydroxylation is 1. The minimum Gasteiger partial charge on any atom is -0.508 e. The average Bonchev–Trinajstić information content (AvgIpc) is 2.81. The number of aromatic hydroxyl groups is 1. The second kappa shape index (κ2) is 8.20. The van der Waals surface area contributed by atoms with Gasteiger partial charge in [-0.05, 0) is 48.4 Å². The van der Waals surface area contributed by atoms with Crippen LogP contribution in [0, 0.1) is 18.8 Å². The lowest BCUT2D eigenvalue weighted by Gasteiger charge is -2.46. The summed E-state index contributed by atoms with van der Waals surface area (Å²) < 4.78 is 0. The molecule has 0 saturated heterocycles. The quantitative estimate of drug-likeness (QED) is 0.329.